The molecule has 0 aliphatic rings. The van der Waals surface area contributed by atoms with E-state index in [1.807, 2.05) is 6.92 Å². The van der Waals surface area contributed by atoms with Gasteiger partial charge < -0.3 is 9.84 Å². The van der Waals surface area contributed by atoms with Crippen LogP contribution in [0, 0.1) is 0 Å². The van der Waals surface area contributed by atoms with Gasteiger partial charge in [0.05, 0.1) is 0 Å². The van der Waals surface area contributed by atoms with Crippen molar-refractivity contribution >= 4 is 35.0 Å². The summed E-state index contributed by atoms with van der Waals surface area (Å²) in [5, 5.41) is 8.82. The Hall–Kier alpha value is -0.294. The van der Waals surface area contributed by atoms with Crippen molar-refractivity contribution in [1.29, 1.82) is 0 Å². The van der Waals surface area contributed by atoms with E-state index in [9.17, 15) is 9.59 Å². The molecule has 0 saturated heterocycles. The number of unbranched alkanes of at least 4 members (excludes halogenated alkanes) is 13. The summed E-state index contributed by atoms with van der Waals surface area (Å²) in [7, 11) is 0. The standard InChI is InChI=1S/C24H46O4.Mg.2H/c1-4-6-8-10-11-12-13-14-16-18-20-24(3,19-17-15-9-7-5-2)28-23(27)21-22(25)26;;;/h4-21H2,1-3H3,(H,25,26);;;. The van der Waals surface area contributed by atoms with Gasteiger partial charge >= 0.3 is 35.0 Å². The lowest BCUT2D eigenvalue weighted by Crippen LogP contribution is -2.32. The minimum atomic E-state index is -1.12. The molecule has 170 valence electrons. The maximum atomic E-state index is 11.9. The summed E-state index contributed by atoms with van der Waals surface area (Å²) in [6.45, 7) is 6.43. The van der Waals surface area contributed by atoms with Gasteiger partial charge in [-0.25, -0.2) is 0 Å². The first kappa shape index (κ1) is 30.9. The molecule has 1 N–H and O–H groups in total. The predicted octanol–water partition coefficient (Wildman–Crippen LogP) is 6.52. The van der Waals surface area contributed by atoms with E-state index in [1.54, 1.807) is 0 Å². The highest BCUT2D eigenvalue weighted by Crippen LogP contribution is 2.27. The Kier molecular flexibility index (Phi) is 22.3. The number of aliphatic carboxylic acids is 1. The van der Waals surface area contributed by atoms with E-state index in [1.165, 1.54) is 70.6 Å². The number of ether oxygens (including phenoxy) is 1. The van der Waals surface area contributed by atoms with Gasteiger partial charge in [0.15, 0.2) is 0 Å². The molecule has 0 rings (SSSR count). The number of carboxylic acids is 1. The molecule has 29 heavy (non-hydrogen) atoms. The van der Waals surface area contributed by atoms with E-state index in [-0.39, 0.29) is 23.1 Å². The van der Waals surface area contributed by atoms with Gasteiger partial charge in [-0.1, -0.05) is 97.3 Å². The zero-order valence-electron chi connectivity index (χ0n) is 18.9. The number of rotatable bonds is 20. The Balaban J connectivity index is 0. The van der Waals surface area contributed by atoms with Crippen LogP contribution in [0.5, 0.6) is 0 Å². The van der Waals surface area contributed by atoms with Crippen molar-refractivity contribution in [2.45, 2.75) is 142 Å². The quantitative estimate of drug-likeness (QED) is 0.105. The maximum absolute atomic E-state index is 11.9. The fourth-order valence-corrected chi connectivity index (χ4v) is 3.75. The average molecular weight is 425 g/mol. The molecule has 1 unspecified atom stereocenters. The third kappa shape index (κ3) is 20.7. The van der Waals surface area contributed by atoms with E-state index in [0.29, 0.717) is 0 Å². The van der Waals surface area contributed by atoms with Crippen molar-refractivity contribution in [2.75, 3.05) is 0 Å². The van der Waals surface area contributed by atoms with Crippen LogP contribution in [-0.4, -0.2) is 45.7 Å². The van der Waals surface area contributed by atoms with Crippen molar-refractivity contribution in [1.82, 2.24) is 0 Å². The van der Waals surface area contributed by atoms with Crippen LogP contribution in [0.25, 0.3) is 0 Å². The third-order valence-electron chi connectivity index (χ3n) is 5.52. The van der Waals surface area contributed by atoms with Gasteiger partial charge in [-0.05, 0) is 32.6 Å². The Morgan fingerprint density at radius 3 is 1.38 bits per heavy atom. The van der Waals surface area contributed by atoms with Crippen molar-refractivity contribution in [2.24, 2.45) is 0 Å². The number of carbonyl (C=O) groups is 2. The summed E-state index contributed by atoms with van der Waals surface area (Å²) < 4.78 is 5.62. The highest BCUT2D eigenvalue weighted by molar-refractivity contribution is 5.90. The molecule has 4 nitrogen and oxygen atoms in total. The maximum Gasteiger partial charge on any atom is 0.317 e. The van der Waals surface area contributed by atoms with Crippen molar-refractivity contribution < 1.29 is 19.4 Å². The first-order valence-corrected chi connectivity index (χ1v) is 11.9. The minimum Gasteiger partial charge on any atom is -0.481 e. The highest BCUT2D eigenvalue weighted by atomic mass is 24.3. The second-order valence-electron chi connectivity index (χ2n) is 8.59. The molecule has 0 fully saturated rings. The number of carbonyl (C=O) groups excluding carboxylic acids is 1. The van der Waals surface area contributed by atoms with Gasteiger partial charge in [0.25, 0.3) is 0 Å². The first-order chi connectivity index (χ1) is 13.4. The summed E-state index contributed by atoms with van der Waals surface area (Å²) >= 11 is 0. The molecule has 0 amide bonds. The van der Waals surface area contributed by atoms with Gasteiger partial charge in [0.1, 0.15) is 12.0 Å². The van der Waals surface area contributed by atoms with Crippen LogP contribution in [0.2, 0.25) is 0 Å². The molecule has 0 bridgehead atoms. The Bertz CT molecular complexity index is 400. The van der Waals surface area contributed by atoms with Gasteiger partial charge in [-0.2, -0.15) is 0 Å². The SMILES string of the molecule is CCCCCCCCCCCCC(C)(CCCCCCC)OC(=O)CC(=O)O.[MgH2]. The molecule has 0 heterocycles. The Morgan fingerprint density at radius 1 is 0.690 bits per heavy atom. The Morgan fingerprint density at radius 2 is 1.03 bits per heavy atom. The molecule has 1 atom stereocenters. The number of carboxylic acid groups (broad SMARTS) is 1. The highest BCUT2D eigenvalue weighted by Gasteiger charge is 2.28. The fraction of sp³-hybridized carbons (Fsp3) is 0.917. The van der Waals surface area contributed by atoms with Crippen LogP contribution in [0.3, 0.4) is 0 Å². The summed E-state index contributed by atoms with van der Waals surface area (Å²) in [4.78, 5) is 22.7. The molecule has 0 aromatic carbocycles. The van der Waals surface area contributed by atoms with Gasteiger partial charge in [-0.15, -0.1) is 0 Å². The van der Waals surface area contributed by atoms with Crippen LogP contribution in [-0.2, 0) is 14.3 Å². The predicted molar refractivity (Wildman–Crippen MR) is 125 cm³/mol. The van der Waals surface area contributed by atoms with E-state index in [2.05, 4.69) is 13.8 Å². The van der Waals surface area contributed by atoms with Crippen LogP contribution in [0.1, 0.15) is 136 Å². The Labute approximate surface area is 196 Å². The van der Waals surface area contributed by atoms with E-state index >= 15 is 0 Å². The van der Waals surface area contributed by atoms with E-state index in [0.717, 1.165) is 38.5 Å². The summed E-state index contributed by atoms with van der Waals surface area (Å²) in [5.74, 6) is -1.72. The monoisotopic (exact) mass is 424 g/mol. The topological polar surface area (TPSA) is 63.6 Å². The molecule has 0 spiro atoms. The molecule has 0 saturated carbocycles. The van der Waals surface area contributed by atoms with E-state index in [4.69, 9.17) is 9.84 Å². The lowest BCUT2D eigenvalue weighted by molar-refractivity contribution is -0.163. The fourth-order valence-electron chi connectivity index (χ4n) is 3.75. The second-order valence-corrected chi connectivity index (χ2v) is 8.59. The smallest absolute Gasteiger partial charge is 0.317 e. The lowest BCUT2D eigenvalue weighted by atomic mass is 9.91. The van der Waals surface area contributed by atoms with Gasteiger partial charge in [0, 0.05) is 0 Å². The summed E-state index contributed by atoms with van der Waals surface area (Å²) in [5.41, 5.74) is -0.515. The van der Waals surface area contributed by atoms with Crippen molar-refractivity contribution in [3.63, 3.8) is 0 Å². The third-order valence-corrected chi connectivity index (χ3v) is 5.52. The minimum absolute atomic E-state index is 0. The van der Waals surface area contributed by atoms with Crippen LogP contribution >= 0.6 is 0 Å². The van der Waals surface area contributed by atoms with E-state index < -0.39 is 24.0 Å². The molecule has 0 aliphatic heterocycles. The normalized spacial score (nSPS) is 12.8. The number of esters is 1. The zero-order chi connectivity index (χ0) is 21.1. The molecular formula is C24H48MgO4. The molecule has 0 aliphatic carbocycles. The lowest BCUT2D eigenvalue weighted by Gasteiger charge is -2.30. The molecule has 5 heteroatoms. The first-order valence-electron chi connectivity index (χ1n) is 11.9. The number of hydrogen-bond donors (Lipinski definition) is 1. The molecule has 0 aromatic rings. The van der Waals surface area contributed by atoms with Crippen molar-refractivity contribution in [3.8, 4) is 0 Å². The van der Waals surface area contributed by atoms with Crippen molar-refractivity contribution in [3.05, 3.63) is 0 Å². The molecular weight excluding hydrogens is 377 g/mol. The summed E-state index contributed by atoms with van der Waals surface area (Å²) in [6, 6.07) is 0. The molecule has 0 radical (unpaired) electrons. The van der Waals surface area contributed by atoms with Crippen LogP contribution in [0.15, 0.2) is 0 Å². The summed E-state index contributed by atoms with van der Waals surface area (Å²) in [6.07, 6.45) is 19.8. The second kappa shape index (κ2) is 21.0. The zero-order valence-corrected chi connectivity index (χ0v) is 18.9. The number of hydrogen-bond acceptors (Lipinski definition) is 3. The van der Waals surface area contributed by atoms with Gasteiger partial charge in [0.2, 0.25) is 0 Å². The van der Waals surface area contributed by atoms with Crippen LogP contribution in [0.4, 0.5) is 0 Å². The van der Waals surface area contributed by atoms with Gasteiger partial charge in [-0.3, -0.25) is 9.59 Å². The van der Waals surface area contributed by atoms with Crippen LogP contribution < -0.4 is 0 Å². The average Bonchev–Trinajstić information content (AvgIpc) is 2.62. The largest absolute Gasteiger partial charge is 0.481 e. The molecule has 0 aromatic heterocycles.